The van der Waals surface area contributed by atoms with Crippen LogP contribution in [0.2, 0.25) is 10.0 Å². The van der Waals surface area contributed by atoms with Crippen LogP contribution in [0.1, 0.15) is 12.0 Å². The molecule has 1 aromatic carbocycles. The van der Waals surface area contributed by atoms with E-state index in [1.807, 2.05) is 12.1 Å². The lowest BCUT2D eigenvalue weighted by molar-refractivity contribution is -0.121. The van der Waals surface area contributed by atoms with Gasteiger partial charge in [0.2, 0.25) is 5.91 Å². The molecule has 0 radical (unpaired) electrons. The average molecular weight is 273 g/mol. The van der Waals surface area contributed by atoms with E-state index >= 15 is 0 Å². The van der Waals surface area contributed by atoms with Crippen LogP contribution in [0.25, 0.3) is 0 Å². The maximum absolute atomic E-state index is 11.1. The Labute approximate surface area is 110 Å². The smallest absolute Gasteiger partial charge is 0.221 e. The second-order valence-electron chi connectivity index (χ2n) is 4.34. The number of hydrogen-bond acceptors (Lipinski definition) is 2. The molecule has 1 saturated heterocycles. The predicted octanol–water partition coefficient (Wildman–Crippen LogP) is 2.30. The molecule has 1 aromatic rings. The lowest BCUT2D eigenvalue weighted by Gasteiger charge is -2.16. The average Bonchev–Trinajstić information content (AvgIpc) is 2.73. The van der Waals surface area contributed by atoms with Gasteiger partial charge in [-0.1, -0.05) is 35.3 Å². The number of nitrogens with two attached hydrogens (primary N) is 1. The van der Waals surface area contributed by atoms with E-state index in [9.17, 15) is 4.79 Å². The Kier molecular flexibility index (Phi) is 3.92. The molecule has 5 heteroatoms. The van der Waals surface area contributed by atoms with Crippen molar-refractivity contribution >= 4 is 29.1 Å². The third-order valence-electron chi connectivity index (χ3n) is 3.10. The van der Waals surface area contributed by atoms with Gasteiger partial charge in [-0.25, -0.2) is 0 Å². The molecule has 1 amide bonds. The standard InChI is InChI=1S/C12H14Cl2N2O/c13-10-3-1-2-8(11(10)14)6-16-5-4-9(7-16)12(15)17/h1-3,9H,4-7H2,(H2,15,17). The van der Waals surface area contributed by atoms with E-state index in [-0.39, 0.29) is 11.8 Å². The van der Waals surface area contributed by atoms with Crippen molar-refractivity contribution in [1.82, 2.24) is 4.90 Å². The Balaban J connectivity index is 2.03. The minimum atomic E-state index is -0.218. The van der Waals surface area contributed by atoms with E-state index in [1.54, 1.807) is 6.07 Å². The highest BCUT2D eigenvalue weighted by Gasteiger charge is 2.26. The molecule has 1 unspecified atom stereocenters. The van der Waals surface area contributed by atoms with Crippen LogP contribution in [0.5, 0.6) is 0 Å². The molecular weight excluding hydrogens is 259 g/mol. The van der Waals surface area contributed by atoms with Crippen molar-refractivity contribution in [2.75, 3.05) is 13.1 Å². The molecule has 0 spiro atoms. The number of carbonyl (C=O) groups is 1. The molecule has 92 valence electrons. The summed E-state index contributed by atoms with van der Waals surface area (Å²) in [7, 11) is 0. The molecule has 1 heterocycles. The predicted molar refractivity (Wildman–Crippen MR) is 69.0 cm³/mol. The van der Waals surface area contributed by atoms with Crippen molar-refractivity contribution in [3.8, 4) is 0 Å². The second-order valence-corrected chi connectivity index (χ2v) is 5.12. The first-order chi connectivity index (χ1) is 8.08. The van der Waals surface area contributed by atoms with Crippen LogP contribution >= 0.6 is 23.2 Å². The van der Waals surface area contributed by atoms with Crippen molar-refractivity contribution in [3.63, 3.8) is 0 Å². The molecule has 1 aliphatic heterocycles. The zero-order valence-electron chi connectivity index (χ0n) is 9.33. The molecule has 0 aliphatic carbocycles. The maximum Gasteiger partial charge on any atom is 0.221 e. The molecule has 2 N–H and O–H groups in total. The van der Waals surface area contributed by atoms with Gasteiger partial charge in [-0.15, -0.1) is 0 Å². The lowest BCUT2D eigenvalue weighted by atomic mass is 10.1. The molecule has 2 rings (SSSR count). The summed E-state index contributed by atoms with van der Waals surface area (Å²) in [5.74, 6) is -0.252. The minimum absolute atomic E-state index is 0.0343. The monoisotopic (exact) mass is 272 g/mol. The topological polar surface area (TPSA) is 46.3 Å². The quantitative estimate of drug-likeness (QED) is 0.918. The first kappa shape index (κ1) is 12.7. The van der Waals surface area contributed by atoms with Crippen molar-refractivity contribution in [3.05, 3.63) is 33.8 Å². The van der Waals surface area contributed by atoms with Gasteiger partial charge in [-0.05, 0) is 24.6 Å². The fourth-order valence-electron chi connectivity index (χ4n) is 2.12. The third-order valence-corrected chi connectivity index (χ3v) is 3.96. The zero-order valence-corrected chi connectivity index (χ0v) is 10.8. The summed E-state index contributed by atoms with van der Waals surface area (Å²) >= 11 is 12.1. The fraction of sp³-hybridized carbons (Fsp3) is 0.417. The number of benzene rings is 1. The van der Waals surface area contributed by atoms with Crippen LogP contribution in [-0.2, 0) is 11.3 Å². The lowest BCUT2D eigenvalue weighted by Crippen LogP contribution is -2.27. The van der Waals surface area contributed by atoms with E-state index in [0.29, 0.717) is 23.1 Å². The van der Waals surface area contributed by atoms with Gasteiger partial charge in [0.25, 0.3) is 0 Å². The summed E-state index contributed by atoms with van der Waals surface area (Å²) in [6, 6.07) is 5.60. The van der Waals surface area contributed by atoms with E-state index in [2.05, 4.69) is 4.90 Å². The molecular formula is C12H14Cl2N2O. The Bertz CT molecular complexity index is 437. The zero-order chi connectivity index (χ0) is 12.4. The summed E-state index contributed by atoms with van der Waals surface area (Å²) in [6.45, 7) is 2.29. The Hall–Kier alpha value is -0.770. The van der Waals surface area contributed by atoms with E-state index in [1.165, 1.54) is 0 Å². The largest absolute Gasteiger partial charge is 0.369 e. The molecule has 1 aliphatic rings. The van der Waals surface area contributed by atoms with Crippen molar-refractivity contribution in [2.24, 2.45) is 11.7 Å². The van der Waals surface area contributed by atoms with Crippen LogP contribution in [0, 0.1) is 5.92 Å². The van der Waals surface area contributed by atoms with Crippen molar-refractivity contribution in [1.29, 1.82) is 0 Å². The molecule has 0 saturated carbocycles. The molecule has 1 atom stereocenters. The highest BCUT2D eigenvalue weighted by Crippen LogP contribution is 2.28. The second kappa shape index (κ2) is 5.25. The molecule has 3 nitrogen and oxygen atoms in total. The molecule has 0 aromatic heterocycles. The number of likely N-dealkylation sites (tertiary alicyclic amines) is 1. The molecule has 1 fully saturated rings. The number of carbonyl (C=O) groups excluding carboxylic acids is 1. The van der Waals surface area contributed by atoms with Gasteiger partial charge in [0.05, 0.1) is 16.0 Å². The van der Waals surface area contributed by atoms with Crippen molar-refractivity contribution in [2.45, 2.75) is 13.0 Å². The van der Waals surface area contributed by atoms with Crippen LogP contribution in [-0.4, -0.2) is 23.9 Å². The van der Waals surface area contributed by atoms with Gasteiger partial charge in [0.1, 0.15) is 0 Å². The number of primary amides is 1. The van der Waals surface area contributed by atoms with E-state index in [0.717, 1.165) is 18.5 Å². The van der Waals surface area contributed by atoms with Gasteiger partial charge in [0, 0.05) is 13.1 Å². The van der Waals surface area contributed by atoms with Crippen LogP contribution in [0.4, 0.5) is 0 Å². The van der Waals surface area contributed by atoms with Gasteiger partial charge in [-0.3, -0.25) is 9.69 Å². The van der Waals surface area contributed by atoms with E-state index < -0.39 is 0 Å². The summed E-state index contributed by atoms with van der Waals surface area (Å²) in [4.78, 5) is 13.2. The highest BCUT2D eigenvalue weighted by molar-refractivity contribution is 6.42. The van der Waals surface area contributed by atoms with Gasteiger partial charge in [-0.2, -0.15) is 0 Å². The maximum atomic E-state index is 11.1. The third kappa shape index (κ3) is 2.92. The highest BCUT2D eigenvalue weighted by atomic mass is 35.5. The first-order valence-electron chi connectivity index (χ1n) is 5.52. The van der Waals surface area contributed by atoms with Crippen LogP contribution in [0.15, 0.2) is 18.2 Å². The van der Waals surface area contributed by atoms with Gasteiger partial charge >= 0.3 is 0 Å². The summed E-state index contributed by atoms with van der Waals surface area (Å²) in [6.07, 6.45) is 0.827. The Morgan fingerprint density at radius 3 is 2.88 bits per heavy atom. The summed E-state index contributed by atoms with van der Waals surface area (Å²) < 4.78 is 0. The molecule has 0 bridgehead atoms. The Morgan fingerprint density at radius 2 is 2.24 bits per heavy atom. The number of halogens is 2. The van der Waals surface area contributed by atoms with Gasteiger partial charge < -0.3 is 5.73 Å². The number of rotatable bonds is 3. The van der Waals surface area contributed by atoms with Gasteiger partial charge in [0.15, 0.2) is 0 Å². The Morgan fingerprint density at radius 1 is 1.47 bits per heavy atom. The number of amides is 1. The summed E-state index contributed by atoms with van der Waals surface area (Å²) in [5, 5.41) is 1.16. The van der Waals surface area contributed by atoms with Crippen LogP contribution in [0.3, 0.4) is 0 Å². The van der Waals surface area contributed by atoms with Crippen molar-refractivity contribution < 1.29 is 4.79 Å². The normalized spacial score (nSPS) is 20.7. The first-order valence-corrected chi connectivity index (χ1v) is 6.28. The molecule has 17 heavy (non-hydrogen) atoms. The minimum Gasteiger partial charge on any atom is -0.369 e. The summed E-state index contributed by atoms with van der Waals surface area (Å²) in [5.41, 5.74) is 6.28. The number of nitrogens with zero attached hydrogens (tertiary/aromatic N) is 1. The van der Waals surface area contributed by atoms with E-state index in [4.69, 9.17) is 28.9 Å². The fourth-order valence-corrected chi connectivity index (χ4v) is 2.50. The van der Waals surface area contributed by atoms with Crippen LogP contribution < -0.4 is 5.73 Å². The SMILES string of the molecule is NC(=O)C1CCN(Cc2cccc(Cl)c2Cl)C1. The number of hydrogen-bond donors (Lipinski definition) is 1.